The maximum absolute atomic E-state index is 13.1. The van der Waals surface area contributed by atoms with Crippen molar-refractivity contribution in [3.63, 3.8) is 0 Å². The summed E-state index contributed by atoms with van der Waals surface area (Å²) in [5.41, 5.74) is 3.75. The van der Waals surface area contributed by atoms with Crippen LogP contribution in [0.25, 0.3) is 38.9 Å². The van der Waals surface area contributed by atoms with Gasteiger partial charge in [-0.3, -0.25) is 4.79 Å². The summed E-state index contributed by atoms with van der Waals surface area (Å²) in [7, 11) is 0. The predicted octanol–water partition coefficient (Wildman–Crippen LogP) is 4.45. The Morgan fingerprint density at radius 3 is 2.10 bits per heavy atom. The van der Waals surface area contributed by atoms with Crippen LogP contribution in [-0.2, 0) is 0 Å². The van der Waals surface area contributed by atoms with Crippen LogP contribution in [0, 0.1) is 11.3 Å². The number of rotatable bonds is 2. The highest BCUT2D eigenvalue weighted by molar-refractivity contribution is 5.90. The zero-order valence-corrected chi connectivity index (χ0v) is 15.3. The Morgan fingerprint density at radius 2 is 1.41 bits per heavy atom. The zero-order valence-electron chi connectivity index (χ0n) is 15.3. The predicted molar refractivity (Wildman–Crippen MR) is 112 cm³/mol. The van der Waals surface area contributed by atoms with Gasteiger partial charge in [-0.2, -0.15) is 14.9 Å². The highest BCUT2D eigenvalue weighted by Gasteiger charge is 2.21. The van der Waals surface area contributed by atoms with Crippen molar-refractivity contribution in [1.82, 2.24) is 14.6 Å². The number of hydrogen-bond acceptors (Lipinski definition) is 4. The van der Waals surface area contributed by atoms with Crippen LogP contribution in [0.3, 0.4) is 0 Å². The summed E-state index contributed by atoms with van der Waals surface area (Å²) >= 11 is 0. The Bertz CT molecular complexity index is 1470. The lowest BCUT2D eigenvalue weighted by molar-refractivity contribution is 0.885. The first kappa shape index (κ1) is 16.8. The van der Waals surface area contributed by atoms with E-state index in [0.717, 1.165) is 11.1 Å². The average Bonchev–Trinajstić information content (AvgIpc) is 2.79. The van der Waals surface area contributed by atoms with Gasteiger partial charge >= 0.3 is 0 Å². The van der Waals surface area contributed by atoms with Gasteiger partial charge < -0.3 is 0 Å². The molecule has 0 bridgehead atoms. The largest absolute Gasteiger partial charge is 0.282 e. The molecule has 0 aliphatic heterocycles. The molecule has 5 nitrogen and oxygen atoms in total. The molecule has 0 N–H and O–H groups in total. The SMILES string of the molecule is N#Cc1c(-c2ccccc2)c(-c2ccccc2)nn2c(=O)c3ccccc3nc12. The van der Waals surface area contributed by atoms with Crippen molar-refractivity contribution < 1.29 is 0 Å². The molecule has 0 saturated carbocycles. The third-order valence-electron chi connectivity index (χ3n) is 4.89. The summed E-state index contributed by atoms with van der Waals surface area (Å²) in [6.45, 7) is 0. The van der Waals surface area contributed by atoms with E-state index in [0.29, 0.717) is 27.7 Å². The standard InChI is InChI=1S/C24H14N4O/c25-15-19-21(16-9-3-1-4-10-16)22(17-11-5-2-6-12-17)27-28-23(19)26-20-14-8-7-13-18(20)24(28)29/h1-14H. The Kier molecular flexibility index (Phi) is 3.89. The molecule has 3 aromatic carbocycles. The van der Waals surface area contributed by atoms with Crippen molar-refractivity contribution >= 4 is 16.6 Å². The van der Waals surface area contributed by atoms with Crippen molar-refractivity contribution in [3.05, 3.63) is 101 Å². The Balaban J connectivity index is 2.02. The van der Waals surface area contributed by atoms with Crippen molar-refractivity contribution in [2.75, 3.05) is 0 Å². The first-order chi connectivity index (χ1) is 14.3. The number of para-hydroxylation sites is 1. The van der Waals surface area contributed by atoms with Crippen LogP contribution in [0.2, 0.25) is 0 Å². The second-order valence-electron chi connectivity index (χ2n) is 6.61. The van der Waals surface area contributed by atoms with Crippen molar-refractivity contribution in [2.45, 2.75) is 0 Å². The number of fused-ring (bicyclic) bond motifs is 2. The van der Waals surface area contributed by atoms with Crippen LogP contribution < -0.4 is 5.56 Å². The van der Waals surface area contributed by atoms with Gasteiger partial charge in [0.1, 0.15) is 17.3 Å². The van der Waals surface area contributed by atoms with E-state index in [2.05, 4.69) is 16.2 Å². The molecule has 5 rings (SSSR count). The molecule has 0 radical (unpaired) electrons. The second kappa shape index (κ2) is 6.70. The van der Waals surface area contributed by atoms with Crippen molar-refractivity contribution in [1.29, 1.82) is 5.26 Å². The summed E-state index contributed by atoms with van der Waals surface area (Å²) in [5.74, 6) is 0. The van der Waals surface area contributed by atoms with Gasteiger partial charge in [0.25, 0.3) is 5.56 Å². The summed E-state index contributed by atoms with van der Waals surface area (Å²) < 4.78 is 1.25. The molecule has 0 amide bonds. The van der Waals surface area contributed by atoms with Gasteiger partial charge in [-0.05, 0) is 17.7 Å². The van der Waals surface area contributed by atoms with Crippen LogP contribution in [-0.4, -0.2) is 14.6 Å². The van der Waals surface area contributed by atoms with Crippen LogP contribution in [0.5, 0.6) is 0 Å². The van der Waals surface area contributed by atoms with Gasteiger partial charge in [-0.15, -0.1) is 0 Å². The molecular weight excluding hydrogens is 360 g/mol. The lowest BCUT2D eigenvalue weighted by atomic mass is 9.96. The molecule has 136 valence electrons. The fourth-order valence-corrected chi connectivity index (χ4v) is 3.55. The maximum Gasteiger partial charge on any atom is 0.282 e. The molecule has 0 unspecified atom stereocenters. The molecule has 0 atom stereocenters. The van der Waals surface area contributed by atoms with Crippen LogP contribution in [0.4, 0.5) is 0 Å². The topological polar surface area (TPSA) is 71.1 Å². The molecule has 2 heterocycles. The van der Waals surface area contributed by atoms with E-state index in [4.69, 9.17) is 0 Å². The Morgan fingerprint density at radius 1 is 0.793 bits per heavy atom. The summed E-state index contributed by atoms with van der Waals surface area (Å²) in [6.07, 6.45) is 0. The van der Waals surface area contributed by atoms with E-state index in [9.17, 15) is 10.1 Å². The van der Waals surface area contributed by atoms with E-state index >= 15 is 0 Å². The molecule has 2 aromatic heterocycles. The highest BCUT2D eigenvalue weighted by atomic mass is 16.1. The van der Waals surface area contributed by atoms with Gasteiger partial charge in [0.05, 0.1) is 10.9 Å². The molecule has 29 heavy (non-hydrogen) atoms. The van der Waals surface area contributed by atoms with Gasteiger partial charge in [0.15, 0.2) is 5.65 Å². The molecule has 0 spiro atoms. The fraction of sp³-hybridized carbons (Fsp3) is 0. The van der Waals surface area contributed by atoms with E-state index in [1.165, 1.54) is 4.52 Å². The molecule has 0 aliphatic rings. The Labute approximate surface area is 166 Å². The van der Waals surface area contributed by atoms with Crippen LogP contribution in [0.1, 0.15) is 5.56 Å². The smallest absolute Gasteiger partial charge is 0.267 e. The minimum absolute atomic E-state index is 0.259. The van der Waals surface area contributed by atoms with E-state index in [1.54, 1.807) is 18.2 Å². The summed E-state index contributed by atoms with van der Waals surface area (Å²) in [4.78, 5) is 17.7. The first-order valence-electron chi connectivity index (χ1n) is 9.14. The van der Waals surface area contributed by atoms with E-state index in [-0.39, 0.29) is 11.2 Å². The molecular formula is C24H14N4O. The maximum atomic E-state index is 13.1. The molecule has 0 saturated heterocycles. The first-order valence-corrected chi connectivity index (χ1v) is 9.14. The Hall–Kier alpha value is -4.30. The quantitative estimate of drug-likeness (QED) is 0.428. The van der Waals surface area contributed by atoms with Gasteiger partial charge in [0, 0.05) is 11.1 Å². The minimum atomic E-state index is -0.293. The highest BCUT2D eigenvalue weighted by Crippen LogP contribution is 2.34. The average molecular weight is 374 g/mol. The lowest BCUT2D eigenvalue weighted by Gasteiger charge is -2.14. The third kappa shape index (κ3) is 2.67. The lowest BCUT2D eigenvalue weighted by Crippen LogP contribution is -2.20. The monoisotopic (exact) mass is 374 g/mol. The van der Waals surface area contributed by atoms with E-state index < -0.39 is 0 Å². The van der Waals surface area contributed by atoms with Crippen molar-refractivity contribution in [2.24, 2.45) is 0 Å². The second-order valence-corrected chi connectivity index (χ2v) is 6.61. The number of hydrogen-bond donors (Lipinski definition) is 0. The minimum Gasteiger partial charge on any atom is -0.267 e. The fourth-order valence-electron chi connectivity index (χ4n) is 3.55. The third-order valence-corrected chi connectivity index (χ3v) is 4.89. The van der Waals surface area contributed by atoms with E-state index in [1.807, 2.05) is 66.7 Å². The van der Waals surface area contributed by atoms with Crippen LogP contribution >= 0.6 is 0 Å². The number of nitrogens with zero attached hydrogens (tertiary/aromatic N) is 4. The number of aromatic nitrogens is 3. The molecule has 5 heteroatoms. The van der Waals surface area contributed by atoms with Gasteiger partial charge in [0.2, 0.25) is 0 Å². The molecule has 0 fully saturated rings. The summed E-state index contributed by atoms with van der Waals surface area (Å²) in [6, 6.07) is 28.5. The van der Waals surface area contributed by atoms with Gasteiger partial charge in [-0.1, -0.05) is 72.8 Å². The molecule has 5 aromatic rings. The molecule has 0 aliphatic carbocycles. The van der Waals surface area contributed by atoms with Gasteiger partial charge in [-0.25, -0.2) is 4.98 Å². The normalized spacial score (nSPS) is 10.9. The van der Waals surface area contributed by atoms with Crippen LogP contribution in [0.15, 0.2) is 89.7 Å². The zero-order chi connectivity index (χ0) is 19.8. The van der Waals surface area contributed by atoms with Crippen molar-refractivity contribution in [3.8, 4) is 28.5 Å². The number of nitriles is 1. The summed E-state index contributed by atoms with van der Waals surface area (Å²) in [5, 5.41) is 15.2. The number of benzene rings is 3.